The maximum Gasteiger partial charge on any atom is 0.130 e. The van der Waals surface area contributed by atoms with Gasteiger partial charge in [0, 0.05) is 19.6 Å². The molecule has 1 aromatic rings. The number of carbonyl (C=O) groups excluding carboxylic acids is 1. The highest BCUT2D eigenvalue weighted by atomic mass is 16.5. The second kappa shape index (κ2) is 6.85. The summed E-state index contributed by atoms with van der Waals surface area (Å²) in [5.74, 6) is 1.37. The minimum Gasteiger partial charge on any atom is -0.381 e. The summed E-state index contributed by atoms with van der Waals surface area (Å²) in [6.45, 7) is 5.56. The van der Waals surface area contributed by atoms with Gasteiger partial charge in [-0.1, -0.05) is 29.8 Å². The number of aryl methyl sites for hydroxylation is 1. The normalized spacial score (nSPS) is 18.2. The average Bonchev–Trinajstić information content (AvgIpc) is 2.39. The molecule has 2 heteroatoms. The predicted molar refractivity (Wildman–Crippen MR) is 77.4 cm³/mol. The maximum absolute atomic E-state index is 11.5. The van der Waals surface area contributed by atoms with E-state index in [1.165, 1.54) is 11.1 Å². The van der Waals surface area contributed by atoms with Crippen molar-refractivity contribution in [1.82, 2.24) is 0 Å². The van der Waals surface area contributed by atoms with E-state index in [1.807, 2.05) is 0 Å². The molecule has 0 bridgehead atoms. The fraction of sp³-hybridized carbons (Fsp3) is 0.588. The molecule has 0 aliphatic carbocycles. The number of hydrogen-bond donors (Lipinski definition) is 0. The summed E-state index contributed by atoms with van der Waals surface area (Å²) in [5, 5.41) is 0. The van der Waals surface area contributed by atoms with Crippen LogP contribution in [0.4, 0.5) is 0 Å². The van der Waals surface area contributed by atoms with Gasteiger partial charge in [-0.25, -0.2) is 0 Å². The van der Waals surface area contributed by atoms with Gasteiger partial charge in [0.15, 0.2) is 0 Å². The van der Waals surface area contributed by atoms with Crippen molar-refractivity contribution >= 4 is 5.78 Å². The van der Waals surface area contributed by atoms with E-state index in [2.05, 4.69) is 31.2 Å². The summed E-state index contributed by atoms with van der Waals surface area (Å²) in [7, 11) is 0. The molecule has 0 amide bonds. The van der Waals surface area contributed by atoms with Crippen molar-refractivity contribution in [2.45, 2.75) is 45.4 Å². The van der Waals surface area contributed by atoms with Crippen LogP contribution in [-0.4, -0.2) is 19.0 Å². The third-order valence-electron chi connectivity index (χ3n) is 4.04. The molecule has 1 heterocycles. The van der Waals surface area contributed by atoms with Gasteiger partial charge >= 0.3 is 0 Å². The summed E-state index contributed by atoms with van der Waals surface area (Å²) in [6.07, 6.45) is 4.06. The van der Waals surface area contributed by atoms with E-state index < -0.39 is 0 Å². The monoisotopic (exact) mass is 260 g/mol. The van der Waals surface area contributed by atoms with Crippen LogP contribution >= 0.6 is 0 Å². The van der Waals surface area contributed by atoms with E-state index in [-0.39, 0.29) is 5.78 Å². The van der Waals surface area contributed by atoms with Gasteiger partial charge in [0.05, 0.1) is 0 Å². The first-order chi connectivity index (χ1) is 9.15. The molecule has 0 spiro atoms. The lowest BCUT2D eigenvalue weighted by Gasteiger charge is -2.26. The van der Waals surface area contributed by atoms with Crippen LogP contribution in [0.25, 0.3) is 0 Å². The number of Topliss-reactive ketones (excluding diaryl/α,β-unsaturated/α-hetero) is 1. The largest absolute Gasteiger partial charge is 0.381 e. The van der Waals surface area contributed by atoms with Crippen molar-refractivity contribution < 1.29 is 9.53 Å². The summed E-state index contributed by atoms with van der Waals surface area (Å²) < 4.78 is 5.42. The Balaban J connectivity index is 2.06. The zero-order valence-corrected chi connectivity index (χ0v) is 12.0. The highest BCUT2D eigenvalue weighted by Gasteiger charge is 2.21. The molecule has 1 aliphatic rings. The minimum absolute atomic E-state index is 0.289. The van der Waals surface area contributed by atoms with Crippen LogP contribution in [0.5, 0.6) is 0 Å². The number of carbonyl (C=O) groups is 1. The Labute approximate surface area is 116 Å². The van der Waals surface area contributed by atoms with Crippen LogP contribution < -0.4 is 0 Å². The maximum atomic E-state index is 11.5. The van der Waals surface area contributed by atoms with Gasteiger partial charge in [0.2, 0.25) is 0 Å². The standard InChI is InChI=1S/C17H24O2/c1-13-3-5-16(6-4-13)17(11-14(2)18)12-15-7-9-19-10-8-15/h3-6,15,17H,7-12H2,1-2H3/t17-/m0/s1. The van der Waals surface area contributed by atoms with E-state index >= 15 is 0 Å². The highest BCUT2D eigenvalue weighted by Crippen LogP contribution is 2.32. The Kier molecular flexibility index (Phi) is 5.15. The molecule has 0 saturated carbocycles. The Hall–Kier alpha value is -1.15. The van der Waals surface area contributed by atoms with Gasteiger partial charge < -0.3 is 9.53 Å². The molecular weight excluding hydrogens is 236 g/mol. The molecule has 1 atom stereocenters. The third-order valence-corrected chi connectivity index (χ3v) is 4.04. The Morgan fingerprint density at radius 2 is 1.89 bits per heavy atom. The van der Waals surface area contributed by atoms with Gasteiger partial charge in [-0.15, -0.1) is 0 Å². The molecule has 0 radical (unpaired) electrons. The molecule has 0 N–H and O–H groups in total. The van der Waals surface area contributed by atoms with E-state index in [0.717, 1.165) is 32.5 Å². The molecule has 0 unspecified atom stereocenters. The van der Waals surface area contributed by atoms with Gasteiger partial charge in [-0.05, 0) is 50.5 Å². The lowest BCUT2D eigenvalue weighted by molar-refractivity contribution is -0.117. The number of benzene rings is 1. The second-order valence-corrected chi connectivity index (χ2v) is 5.81. The number of ketones is 1. The van der Waals surface area contributed by atoms with E-state index in [4.69, 9.17) is 4.74 Å². The molecule has 19 heavy (non-hydrogen) atoms. The van der Waals surface area contributed by atoms with Crippen molar-refractivity contribution in [3.8, 4) is 0 Å². The number of rotatable bonds is 5. The van der Waals surface area contributed by atoms with Crippen LogP contribution in [0.2, 0.25) is 0 Å². The summed E-state index contributed by atoms with van der Waals surface area (Å²) >= 11 is 0. The fourth-order valence-corrected chi connectivity index (χ4v) is 2.91. The third kappa shape index (κ3) is 4.46. The zero-order valence-electron chi connectivity index (χ0n) is 12.0. The predicted octanol–water partition coefficient (Wildman–Crippen LogP) is 3.87. The molecule has 1 fully saturated rings. The van der Waals surface area contributed by atoms with E-state index in [1.54, 1.807) is 6.92 Å². The molecule has 104 valence electrons. The van der Waals surface area contributed by atoms with Crippen LogP contribution in [-0.2, 0) is 9.53 Å². The van der Waals surface area contributed by atoms with Crippen molar-refractivity contribution in [2.24, 2.45) is 5.92 Å². The fourth-order valence-electron chi connectivity index (χ4n) is 2.91. The van der Waals surface area contributed by atoms with E-state index in [0.29, 0.717) is 18.3 Å². The average molecular weight is 260 g/mol. The molecule has 1 saturated heterocycles. The Morgan fingerprint density at radius 1 is 1.26 bits per heavy atom. The zero-order chi connectivity index (χ0) is 13.7. The second-order valence-electron chi connectivity index (χ2n) is 5.81. The molecule has 2 rings (SSSR count). The minimum atomic E-state index is 0.289. The van der Waals surface area contributed by atoms with Crippen molar-refractivity contribution in [3.05, 3.63) is 35.4 Å². The van der Waals surface area contributed by atoms with Crippen molar-refractivity contribution in [1.29, 1.82) is 0 Å². The van der Waals surface area contributed by atoms with Gasteiger partial charge in [-0.3, -0.25) is 0 Å². The van der Waals surface area contributed by atoms with Crippen LogP contribution in [0.3, 0.4) is 0 Å². The molecule has 1 aromatic carbocycles. The summed E-state index contributed by atoms with van der Waals surface area (Å²) in [5.41, 5.74) is 2.59. The Bertz CT molecular complexity index is 402. The van der Waals surface area contributed by atoms with Crippen LogP contribution in [0, 0.1) is 12.8 Å². The highest BCUT2D eigenvalue weighted by molar-refractivity contribution is 5.76. The Morgan fingerprint density at radius 3 is 2.47 bits per heavy atom. The van der Waals surface area contributed by atoms with Crippen molar-refractivity contribution in [2.75, 3.05) is 13.2 Å². The first-order valence-electron chi connectivity index (χ1n) is 7.29. The quantitative estimate of drug-likeness (QED) is 0.803. The lowest BCUT2D eigenvalue weighted by atomic mass is 9.82. The number of hydrogen-bond acceptors (Lipinski definition) is 2. The first-order valence-corrected chi connectivity index (χ1v) is 7.29. The first kappa shape index (κ1) is 14.3. The van der Waals surface area contributed by atoms with Crippen LogP contribution in [0.1, 0.15) is 49.7 Å². The molecular formula is C17H24O2. The van der Waals surface area contributed by atoms with E-state index in [9.17, 15) is 4.79 Å². The van der Waals surface area contributed by atoms with Gasteiger partial charge in [0.1, 0.15) is 5.78 Å². The molecule has 2 nitrogen and oxygen atoms in total. The lowest BCUT2D eigenvalue weighted by Crippen LogP contribution is -2.19. The smallest absolute Gasteiger partial charge is 0.130 e. The van der Waals surface area contributed by atoms with Crippen LogP contribution in [0.15, 0.2) is 24.3 Å². The van der Waals surface area contributed by atoms with Crippen molar-refractivity contribution in [3.63, 3.8) is 0 Å². The number of ether oxygens (including phenoxy) is 1. The van der Waals surface area contributed by atoms with Gasteiger partial charge in [0.25, 0.3) is 0 Å². The van der Waals surface area contributed by atoms with Gasteiger partial charge in [-0.2, -0.15) is 0 Å². The summed E-state index contributed by atoms with van der Waals surface area (Å²) in [6, 6.07) is 8.66. The molecule has 1 aliphatic heterocycles. The SMILES string of the molecule is CC(=O)C[C@@H](CC1CCOCC1)c1ccc(C)cc1. The summed E-state index contributed by atoms with van der Waals surface area (Å²) in [4.78, 5) is 11.5. The topological polar surface area (TPSA) is 26.3 Å². The molecule has 0 aromatic heterocycles.